The number of likely N-dealkylation sites (tertiary alicyclic amines) is 1. The van der Waals surface area contributed by atoms with Gasteiger partial charge < -0.3 is 5.32 Å². The minimum atomic E-state index is -2.44. The van der Waals surface area contributed by atoms with Gasteiger partial charge in [-0.15, -0.1) is 11.3 Å². The number of carbonyl (C=O) groups excluding carboxylic acids is 1. The lowest BCUT2D eigenvalue weighted by atomic mass is 10.2. The van der Waals surface area contributed by atoms with Gasteiger partial charge in [0.2, 0.25) is 5.91 Å². The van der Waals surface area contributed by atoms with Crippen molar-refractivity contribution in [3.63, 3.8) is 0 Å². The van der Waals surface area contributed by atoms with Crippen LogP contribution in [0.4, 0.5) is 14.5 Å². The number of benzene rings is 1. The van der Waals surface area contributed by atoms with Gasteiger partial charge in [0.15, 0.2) is 0 Å². The molecule has 0 aliphatic carbocycles. The quantitative estimate of drug-likeness (QED) is 0.741. The molecule has 0 spiro atoms. The molecule has 1 aromatic carbocycles. The monoisotopic (exact) mass is 368 g/mol. The molecule has 1 saturated heterocycles. The molecule has 2 aromatic rings. The predicted octanol–water partition coefficient (Wildman–Crippen LogP) is 4.84. The molecule has 1 aliphatic heterocycles. The molecule has 1 aliphatic rings. The molecule has 1 fully saturated rings. The van der Waals surface area contributed by atoms with E-state index >= 15 is 0 Å². The highest BCUT2D eigenvalue weighted by molar-refractivity contribution is 7.99. The lowest BCUT2D eigenvalue weighted by molar-refractivity contribution is -0.117. The number of thiophene rings is 1. The largest absolute Gasteiger partial charge is 0.325 e. The van der Waals surface area contributed by atoms with Crippen LogP contribution in [0.15, 0.2) is 46.7 Å². The lowest BCUT2D eigenvalue weighted by Crippen LogP contribution is -2.32. The van der Waals surface area contributed by atoms with Gasteiger partial charge in [-0.1, -0.05) is 17.8 Å². The molecule has 3 nitrogen and oxygen atoms in total. The van der Waals surface area contributed by atoms with E-state index in [1.165, 1.54) is 4.88 Å². The molecule has 3 rings (SSSR count). The molecular formula is C17H18F2N2OS2. The lowest BCUT2D eigenvalue weighted by Gasteiger charge is -2.22. The summed E-state index contributed by atoms with van der Waals surface area (Å²) in [6.45, 7) is 1.26. The summed E-state index contributed by atoms with van der Waals surface area (Å²) in [6.07, 6.45) is 2.17. The van der Waals surface area contributed by atoms with Gasteiger partial charge in [0, 0.05) is 21.5 Å². The molecule has 1 atom stereocenters. The molecule has 7 heteroatoms. The first-order chi connectivity index (χ1) is 11.6. The second-order valence-electron chi connectivity index (χ2n) is 5.59. The van der Waals surface area contributed by atoms with Gasteiger partial charge in [-0.3, -0.25) is 9.69 Å². The zero-order valence-electron chi connectivity index (χ0n) is 13.0. The summed E-state index contributed by atoms with van der Waals surface area (Å²) >= 11 is 2.22. The van der Waals surface area contributed by atoms with E-state index in [0.29, 0.717) is 34.9 Å². The highest BCUT2D eigenvalue weighted by atomic mass is 32.2. The molecule has 1 unspecified atom stereocenters. The smallest absolute Gasteiger partial charge is 0.288 e. The maximum absolute atomic E-state index is 12.3. The molecule has 24 heavy (non-hydrogen) atoms. The number of thioether (sulfide) groups is 1. The third-order valence-corrected chi connectivity index (χ3v) is 5.64. The number of nitrogens with one attached hydrogen (secondary N) is 1. The van der Waals surface area contributed by atoms with Crippen molar-refractivity contribution in [2.24, 2.45) is 0 Å². The summed E-state index contributed by atoms with van der Waals surface area (Å²) in [7, 11) is 0. The molecule has 1 N–H and O–H groups in total. The van der Waals surface area contributed by atoms with Gasteiger partial charge in [-0.05, 0) is 55.1 Å². The maximum atomic E-state index is 12.3. The second kappa shape index (κ2) is 8.09. The average Bonchev–Trinajstić information content (AvgIpc) is 3.19. The van der Waals surface area contributed by atoms with Crippen molar-refractivity contribution in [3.8, 4) is 0 Å². The molecule has 0 saturated carbocycles. The first-order valence-electron chi connectivity index (χ1n) is 7.74. The molecule has 1 amide bonds. The van der Waals surface area contributed by atoms with Crippen molar-refractivity contribution in [1.82, 2.24) is 4.90 Å². The van der Waals surface area contributed by atoms with Crippen LogP contribution in [-0.4, -0.2) is 29.7 Å². The zero-order valence-corrected chi connectivity index (χ0v) is 14.6. The molecular weight excluding hydrogens is 350 g/mol. The molecule has 128 valence electrons. The summed E-state index contributed by atoms with van der Waals surface area (Å²) in [4.78, 5) is 16.3. The number of nitrogens with zero attached hydrogens (tertiary/aromatic N) is 1. The Balaban J connectivity index is 1.55. The number of hydrogen-bond donors (Lipinski definition) is 1. The minimum absolute atomic E-state index is 0.0762. The Hall–Kier alpha value is -1.44. The highest BCUT2D eigenvalue weighted by Crippen LogP contribution is 2.34. The Morgan fingerprint density at radius 2 is 2.12 bits per heavy atom. The number of amides is 1. The number of halogens is 2. The van der Waals surface area contributed by atoms with Crippen molar-refractivity contribution >= 4 is 34.7 Å². The van der Waals surface area contributed by atoms with Crippen LogP contribution in [-0.2, 0) is 4.79 Å². The van der Waals surface area contributed by atoms with Gasteiger partial charge in [-0.25, -0.2) is 0 Å². The summed E-state index contributed by atoms with van der Waals surface area (Å²) in [5.41, 5.74) is 0.630. The fraction of sp³-hybridized carbons (Fsp3) is 0.353. The third-order valence-electron chi connectivity index (χ3n) is 3.95. The van der Waals surface area contributed by atoms with E-state index < -0.39 is 5.76 Å². The van der Waals surface area contributed by atoms with Crippen LogP contribution in [0.2, 0.25) is 0 Å². The Labute approximate surface area is 148 Å². The van der Waals surface area contributed by atoms with Gasteiger partial charge in [0.25, 0.3) is 5.76 Å². The van der Waals surface area contributed by atoms with Crippen LogP contribution in [0.1, 0.15) is 23.8 Å². The van der Waals surface area contributed by atoms with Crippen LogP contribution < -0.4 is 5.32 Å². The van der Waals surface area contributed by atoms with Crippen LogP contribution >= 0.6 is 23.1 Å². The zero-order chi connectivity index (χ0) is 16.9. The first-order valence-corrected chi connectivity index (χ1v) is 9.50. The Kier molecular flexibility index (Phi) is 5.86. The topological polar surface area (TPSA) is 32.3 Å². The number of alkyl halides is 2. The fourth-order valence-corrected chi connectivity index (χ4v) is 4.32. The minimum Gasteiger partial charge on any atom is -0.325 e. The molecule has 0 radical (unpaired) electrons. The predicted molar refractivity (Wildman–Crippen MR) is 94.8 cm³/mol. The van der Waals surface area contributed by atoms with E-state index in [2.05, 4.69) is 21.7 Å². The molecule has 1 aromatic heterocycles. The van der Waals surface area contributed by atoms with E-state index in [0.717, 1.165) is 19.4 Å². The third kappa shape index (κ3) is 4.55. The SMILES string of the molecule is O=C(CN1CCCC1c1cccs1)Nc1ccc(SC(F)F)cc1. The van der Waals surface area contributed by atoms with Crippen LogP contribution in [0.3, 0.4) is 0 Å². The van der Waals surface area contributed by atoms with Crippen molar-refractivity contribution in [2.45, 2.75) is 29.5 Å². The first kappa shape index (κ1) is 17.4. The number of carbonyl (C=O) groups is 1. The van der Waals surface area contributed by atoms with Crippen molar-refractivity contribution in [3.05, 3.63) is 46.7 Å². The van der Waals surface area contributed by atoms with E-state index in [9.17, 15) is 13.6 Å². The second-order valence-corrected chi connectivity index (χ2v) is 7.64. The van der Waals surface area contributed by atoms with Crippen molar-refractivity contribution < 1.29 is 13.6 Å². The summed E-state index contributed by atoms with van der Waals surface area (Å²) < 4.78 is 24.6. The number of hydrogen-bond acceptors (Lipinski definition) is 4. The molecule has 2 heterocycles. The number of anilines is 1. The number of rotatable bonds is 6. The molecule has 0 bridgehead atoms. The van der Waals surface area contributed by atoms with Gasteiger partial charge >= 0.3 is 0 Å². The van der Waals surface area contributed by atoms with Crippen LogP contribution in [0.5, 0.6) is 0 Å². The average molecular weight is 368 g/mol. The Morgan fingerprint density at radius 1 is 1.33 bits per heavy atom. The Bertz CT molecular complexity index is 662. The standard InChI is InChI=1S/C17H18F2N2OS2/c18-17(19)24-13-7-5-12(6-8-13)20-16(22)11-21-9-1-3-14(21)15-4-2-10-23-15/h2,4-8,10,14,17H,1,3,9,11H2,(H,20,22). The highest BCUT2D eigenvalue weighted by Gasteiger charge is 2.28. The van der Waals surface area contributed by atoms with Gasteiger partial charge in [-0.2, -0.15) is 8.78 Å². The Morgan fingerprint density at radius 3 is 2.79 bits per heavy atom. The van der Waals surface area contributed by atoms with Gasteiger partial charge in [0.05, 0.1) is 6.54 Å². The van der Waals surface area contributed by atoms with Crippen LogP contribution in [0, 0.1) is 0 Å². The van der Waals surface area contributed by atoms with E-state index in [4.69, 9.17) is 0 Å². The summed E-state index contributed by atoms with van der Waals surface area (Å²) in [5.74, 6) is -2.51. The van der Waals surface area contributed by atoms with Crippen LogP contribution in [0.25, 0.3) is 0 Å². The van der Waals surface area contributed by atoms with E-state index in [1.807, 2.05) is 6.07 Å². The van der Waals surface area contributed by atoms with Gasteiger partial charge in [0.1, 0.15) is 0 Å². The summed E-state index contributed by atoms with van der Waals surface area (Å²) in [6, 6.07) is 11.0. The van der Waals surface area contributed by atoms with Crippen molar-refractivity contribution in [1.29, 1.82) is 0 Å². The van der Waals surface area contributed by atoms with Crippen molar-refractivity contribution in [2.75, 3.05) is 18.4 Å². The fourth-order valence-electron chi connectivity index (χ4n) is 2.92. The summed E-state index contributed by atoms with van der Waals surface area (Å²) in [5, 5.41) is 4.90. The maximum Gasteiger partial charge on any atom is 0.288 e. The van der Waals surface area contributed by atoms with E-state index in [1.54, 1.807) is 35.6 Å². The normalized spacial score (nSPS) is 18.2. The van der Waals surface area contributed by atoms with E-state index in [-0.39, 0.29) is 5.91 Å².